The molecular weight excluding hydrogens is 206 g/mol. The average molecular weight is 223 g/mol. The first-order chi connectivity index (χ1) is 7.36. The molecule has 2 aliphatic rings. The number of rotatable bonds is 2. The monoisotopic (exact) mass is 223 g/mol. The first-order valence-electron chi connectivity index (χ1n) is 5.70. The van der Waals surface area contributed by atoms with Crippen molar-refractivity contribution < 1.29 is 4.74 Å². The van der Waals surface area contributed by atoms with E-state index in [1.165, 1.54) is 24.1 Å². The fraction of sp³-hybridized carbons (Fsp3) is 0.667. The number of hydrogen-bond donors (Lipinski definition) is 1. The Kier molecular flexibility index (Phi) is 2.34. The van der Waals surface area contributed by atoms with Crippen molar-refractivity contribution in [1.82, 2.24) is 5.32 Å². The normalized spacial score (nSPS) is 27.4. The van der Waals surface area contributed by atoms with E-state index < -0.39 is 0 Å². The molecule has 1 saturated carbocycles. The van der Waals surface area contributed by atoms with Gasteiger partial charge < -0.3 is 10.1 Å². The predicted octanol–water partition coefficient (Wildman–Crippen LogP) is 2.46. The summed E-state index contributed by atoms with van der Waals surface area (Å²) >= 11 is 1.86. The fourth-order valence-corrected chi connectivity index (χ4v) is 3.84. The summed E-state index contributed by atoms with van der Waals surface area (Å²) in [6.07, 6.45) is 4.30. The summed E-state index contributed by atoms with van der Waals surface area (Å²) < 4.78 is 6.01. The zero-order chi connectivity index (χ0) is 10.3. The van der Waals surface area contributed by atoms with Gasteiger partial charge in [-0.15, -0.1) is 11.3 Å². The molecule has 1 fully saturated rings. The van der Waals surface area contributed by atoms with E-state index in [1.807, 2.05) is 18.4 Å². The van der Waals surface area contributed by atoms with Gasteiger partial charge in [0.1, 0.15) is 6.10 Å². The Morgan fingerprint density at radius 3 is 3.13 bits per heavy atom. The van der Waals surface area contributed by atoms with Crippen LogP contribution in [0.4, 0.5) is 0 Å². The van der Waals surface area contributed by atoms with Gasteiger partial charge in [0.2, 0.25) is 0 Å². The molecular formula is C12H17NOS. The van der Waals surface area contributed by atoms with E-state index in [9.17, 15) is 0 Å². The Morgan fingerprint density at radius 2 is 2.47 bits per heavy atom. The maximum atomic E-state index is 6.01. The maximum absolute atomic E-state index is 6.01. The summed E-state index contributed by atoms with van der Waals surface area (Å²) in [5.74, 6) is 0. The Morgan fingerprint density at radius 1 is 1.60 bits per heavy atom. The van der Waals surface area contributed by atoms with Crippen LogP contribution in [0.15, 0.2) is 11.4 Å². The van der Waals surface area contributed by atoms with Crippen LogP contribution in [0.25, 0.3) is 0 Å². The molecule has 1 aromatic heterocycles. The molecule has 0 saturated heterocycles. The van der Waals surface area contributed by atoms with Gasteiger partial charge in [-0.1, -0.05) is 6.42 Å². The fourth-order valence-electron chi connectivity index (χ4n) is 2.78. The molecule has 0 unspecified atom stereocenters. The van der Waals surface area contributed by atoms with Crippen molar-refractivity contribution >= 4 is 11.3 Å². The molecule has 1 atom stereocenters. The minimum atomic E-state index is 0.288. The number of nitrogens with one attached hydrogen (secondary N) is 1. The molecule has 0 radical (unpaired) electrons. The molecule has 1 aliphatic carbocycles. The van der Waals surface area contributed by atoms with E-state index in [0.717, 1.165) is 13.2 Å². The third-order valence-corrected chi connectivity index (χ3v) is 4.83. The van der Waals surface area contributed by atoms with Crippen molar-refractivity contribution in [1.29, 1.82) is 0 Å². The minimum absolute atomic E-state index is 0.288. The van der Waals surface area contributed by atoms with Crippen molar-refractivity contribution in [2.45, 2.75) is 30.8 Å². The lowest BCUT2D eigenvalue weighted by molar-refractivity contribution is -0.0238. The second-order valence-corrected chi connectivity index (χ2v) is 5.64. The molecule has 0 amide bonds. The van der Waals surface area contributed by atoms with E-state index in [0.29, 0.717) is 5.41 Å². The summed E-state index contributed by atoms with van der Waals surface area (Å²) in [6, 6.07) is 2.32. The summed E-state index contributed by atoms with van der Waals surface area (Å²) in [6.45, 7) is 1.87. The highest BCUT2D eigenvalue weighted by atomic mass is 32.1. The number of thiophene rings is 1. The van der Waals surface area contributed by atoms with Crippen molar-refractivity contribution in [3.8, 4) is 0 Å². The number of fused-ring (bicyclic) bond motifs is 2. The van der Waals surface area contributed by atoms with Crippen LogP contribution in [-0.4, -0.2) is 20.2 Å². The second kappa shape index (κ2) is 3.58. The molecule has 2 nitrogen and oxygen atoms in total. The van der Waals surface area contributed by atoms with Gasteiger partial charge in [-0.05, 0) is 36.9 Å². The van der Waals surface area contributed by atoms with E-state index in [2.05, 4.69) is 16.8 Å². The van der Waals surface area contributed by atoms with Crippen LogP contribution in [0.1, 0.15) is 35.8 Å². The SMILES string of the molecule is CNC[C@H]1OCC2(CCC2)c2ccsc21. The molecule has 0 bridgehead atoms. The maximum Gasteiger partial charge on any atom is 0.104 e. The molecule has 82 valence electrons. The lowest BCUT2D eigenvalue weighted by atomic mass is 9.64. The third-order valence-electron chi connectivity index (χ3n) is 3.82. The Bertz CT molecular complexity index is 356. The summed E-state index contributed by atoms with van der Waals surface area (Å²) in [5.41, 5.74) is 1.99. The second-order valence-electron chi connectivity index (χ2n) is 4.69. The van der Waals surface area contributed by atoms with E-state index in [4.69, 9.17) is 4.74 Å². The van der Waals surface area contributed by atoms with E-state index in [-0.39, 0.29) is 6.10 Å². The van der Waals surface area contributed by atoms with Gasteiger partial charge >= 0.3 is 0 Å². The van der Waals surface area contributed by atoms with Gasteiger partial charge in [0.05, 0.1) is 6.61 Å². The lowest BCUT2D eigenvalue weighted by Gasteiger charge is -2.46. The standard InChI is InChI=1S/C12H17NOS/c1-13-7-10-11-9(3-6-15-11)12(8-14-10)4-2-5-12/h3,6,10,13H,2,4-5,7-8H2,1H3/t10-/m1/s1. The first kappa shape index (κ1) is 9.82. The summed E-state index contributed by atoms with van der Waals surface area (Å²) in [4.78, 5) is 1.47. The van der Waals surface area contributed by atoms with E-state index in [1.54, 1.807) is 5.56 Å². The van der Waals surface area contributed by atoms with Crippen molar-refractivity contribution in [3.63, 3.8) is 0 Å². The van der Waals surface area contributed by atoms with Gasteiger partial charge in [-0.2, -0.15) is 0 Å². The highest BCUT2D eigenvalue weighted by molar-refractivity contribution is 7.10. The van der Waals surface area contributed by atoms with Crippen molar-refractivity contribution in [3.05, 3.63) is 21.9 Å². The quantitative estimate of drug-likeness (QED) is 0.831. The average Bonchev–Trinajstić information content (AvgIpc) is 2.65. The number of likely N-dealkylation sites (N-methyl/N-ethyl adjacent to an activating group) is 1. The zero-order valence-corrected chi connectivity index (χ0v) is 9.90. The predicted molar refractivity (Wildman–Crippen MR) is 62.5 cm³/mol. The smallest absolute Gasteiger partial charge is 0.104 e. The van der Waals surface area contributed by atoms with Gasteiger partial charge in [0, 0.05) is 16.8 Å². The number of ether oxygens (including phenoxy) is 1. The van der Waals surface area contributed by atoms with Crippen LogP contribution in [0.3, 0.4) is 0 Å². The zero-order valence-electron chi connectivity index (χ0n) is 9.08. The Labute approximate surface area is 94.6 Å². The van der Waals surface area contributed by atoms with Gasteiger partial charge in [0.25, 0.3) is 0 Å². The minimum Gasteiger partial charge on any atom is -0.370 e. The topological polar surface area (TPSA) is 21.3 Å². The van der Waals surface area contributed by atoms with Crippen LogP contribution < -0.4 is 5.32 Å². The van der Waals surface area contributed by atoms with Crippen LogP contribution in [-0.2, 0) is 10.2 Å². The van der Waals surface area contributed by atoms with Gasteiger partial charge in [0.15, 0.2) is 0 Å². The number of hydrogen-bond acceptors (Lipinski definition) is 3. The molecule has 1 spiro atoms. The lowest BCUT2D eigenvalue weighted by Crippen LogP contribution is -2.44. The molecule has 3 rings (SSSR count). The summed E-state index contributed by atoms with van der Waals surface area (Å²) in [5, 5.41) is 5.44. The van der Waals surface area contributed by atoms with Crippen molar-refractivity contribution in [2.75, 3.05) is 20.2 Å². The van der Waals surface area contributed by atoms with Crippen LogP contribution >= 0.6 is 11.3 Å². The van der Waals surface area contributed by atoms with Crippen molar-refractivity contribution in [2.24, 2.45) is 0 Å². The Hall–Kier alpha value is -0.380. The van der Waals surface area contributed by atoms with Gasteiger partial charge in [-0.3, -0.25) is 0 Å². The largest absolute Gasteiger partial charge is 0.370 e. The highest BCUT2D eigenvalue weighted by Gasteiger charge is 2.45. The molecule has 0 aromatic carbocycles. The highest BCUT2D eigenvalue weighted by Crippen LogP contribution is 2.51. The molecule has 15 heavy (non-hydrogen) atoms. The van der Waals surface area contributed by atoms with Crippen LogP contribution in [0.2, 0.25) is 0 Å². The first-order valence-corrected chi connectivity index (χ1v) is 6.58. The Balaban J connectivity index is 1.94. The van der Waals surface area contributed by atoms with Crippen LogP contribution in [0.5, 0.6) is 0 Å². The molecule has 3 heteroatoms. The molecule has 1 N–H and O–H groups in total. The molecule has 2 heterocycles. The van der Waals surface area contributed by atoms with Crippen LogP contribution in [0, 0.1) is 0 Å². The third kappa shape index (κ3) is 1.37. The summed E-state index contributed by atoms with van der Waals surface area (Å²) in [7, 11) is 1.99. The molecule has 1 aromatic rings. The van der Waals surface area contributed by atoms with E-state index >= 15 is 0 Å². The van der Waals surface area contributed by atoms with Gasteiger partial charge in [-0.25, -0.2) is 0 Å². The molecule has 1 aliphatic heterocycles.